The van der Waals surface area contributed by atoms with E-state index in [9.17, 15) is 8.76 Å². The highest BCUT2D eigenvalue weighted by Crippen LogP contribution is 2.68. The monoisotopic (exact) mass is 215 g/mol. The minimum absolute atomic E-state index is 0.0737. The van der Waals surface area contributed by atoms with Crippen LogP contribution in [0.4, 0.5) is 0 Å². The zero-order valence-corrected chi connectivity index (χ0v) is 10.0. The third kappa shape index (κ3) is 1.15. The van der Waals surface area contributed by atoms with E-state index < -0.39 is 11.1 Å². The van der Waals surface area contributed by atoms with Crippen LogP contribution >= 0.6 is 0 Å². The molecule has 2 saturated carbocycles. The quantitative estimate of drug-likeness (QED) is 0.663. The summed E-state index contributed by atoms with van der Waals surface area (Å²) in [4.78, 5) is 0. The molecule has 0 heterocycles. The highest BCUT2D eigenvalue weighted by atomic mass is 32.2. The van der Waals surface area contributed by atoms with Gasteiger partial charge >= 0.3 is 0 Å². The molecule has 4 unspecified atom stereocenters. The summed E-state index contributed by atoms with van der Waals surface area (Å²) in [5.41, 5.74) is 0.302. The molecule has 0 N–H and O–H groups in total. The van der Waals surface area contributed by atoms with Crippen molar-refractivity contribution in [3.05, 3.63) is 0 Å². The number of hydrogen-bond donors (Lipinski definition) is 0. The minimum Gasteiger partial charge on any atom is -0.772 e. The average Bonchev–Trinajstić information content (AvgIpc) is 2.36. The first kappa shape index (κ1) is 10.6. The van der Waals surface area contributed by atoms with Crippen LogP contribution in [0.1, 0.15) is 40.0 Å². The molecule has 0 radical (unpaired) electrons. The standard InChI is InChI=1S/C11H20O2S/c1-8-6-9-4-5-11(8,7-14(12)13)10(9,2)3/h8-9H,4-7H2,1-3H3,(H,12,13)/p-1. The molecule has 0 aromatic heterocycles. The van der Waals surface area contributed by atoms with Crippen molar-refractivity contribution in [2.75, 3.05) is 5.75 Å². The van der Waals surface area contributed by atoms with Crippen molar-refractivity contribution in [1.29, 1.82) is 0 Å². The van der Waals surface area contributed by atoms with Crippen molar-refractivity contribution in [2.45, 2.75) is 40.0 Å². The fourth-order valence-electron chi connectivity index (χ4n) is 4.08. The largest absolute Gasteiger partial charge is 0.772 e. The van der Waals surface area contributed by atoms with Gasteiger partial charge in [-0.2, -0.15) is 0 Å². The van der Waals surface area contributed by atoms with Crippen LogP contribution in [-0.4, -0.2) is 14.5 Å². The molecule has 2 nitrogen and oxygen atoms in total. The second kappa shape index (κ2) is 3.05. The third-order valence-corrected chi connectivity index (χ3v) is 5.95. The molecule has 82 valence electrons. The summed E-state index contributed by atoms with van der Waals surface area (Å²) in [5.74, 6) is 1.70. The van der Waals surface area contributed by atoms with Gasteiger partial charge in [0.25, 0.3) is 0 Å². The van der Waals surface area contributed by atoms with E-state index in [-0.39, 0.29) is 10.8 Å². The van der Waals surface area contributed by atoms with Crippen molar-refractivity contribution < 1.29 is 8.76 Å². The molecule has 2 fully saturated rings. The molecular weight excluding hydrogens is 196 g/mol. The van der Waals surface area contributed by atoms with Gasteiger partial charge in [-0.15, -0.1) is 0 Å². The molecule has 2 aliphatic rings. The zero-order chi connectivity index (χ0) is 10.6. The number of rotatable bonds is 2. The first-order chi connectivity index (χ1) is 6.40. The van der Waals surface area contributed by atoms with Crippen LogP contribution in [0.15, 0.2) is 0 Å². The van der Waals surface area contributed by atoms with E-state index in [2.05, 4.69) is 20.8 Å². The smallest absolute Gasteiger partial charge is 0.0166 e. The van der Waals surface area contributed by atoms with Gasteiger partial charge in [-0.1, -0.05) is 31.9 Å². The molecule has 0 aromatic carbocycles. The topological polar surface area (TPSA) is 40.1 Å². The summed E-state index contributed by atoms with van der Waals surface area (Å²) in [6.45, 7) is 6.76. The highest BCUT2D eigenvalue weighted by Gasteiger charge is 2.62. The van der Waals surface area contributed by atoms with Gasteiger partial charge in [0.05, 0.1) is 0 Å². The van der Waals surface area contributed by atoms with E-state index in [0.29, 0.717) is 11.7 Å². The maximum atomic E-state index is 11.0. The summed E-state index contributed by atoms with van der Waals surface area (Å²) in [5, 5.41) is 0. The van der Waals surface area contributed by atoms with Crippen LogP contribution in [-0.2, 0) is 11.1 Å². The van der Waals surface area contributed by atoms with E-state index in [1.807, 2.05) is 0 Å². The Morgan fingerprint density at radius 3 is 2.50 bits per heavy atom. The Kier molecular flexibility index (Phi) is 2.31. The van der Waals surface area contributed by atoms with E-state index >= 15 is 0 Å². The lowest BCUT2D eigenvalue weighted by molar-refractivity contribution is 0.115. The van der Waals surface area contributed by atoms with Crippen molar-refractivity contribution in [3.63, 3.8) is 0 Å². The number of fused-ring (bicyclic) bond motifs is 2. The fourth-order valence-corrected chi connectivity index (χ4v) is 5.30. The van der Waals surface area contributed by atoms with Gasteiger partial charge in [-0.3, -0.25) is 4.21 Å². The van der Waals surface area contributed by atoms with Crippen LogP contribution in [0, 0.1) is 22.7 Å². The predicted octanol–water partition coefficient (Wildman–Crippen LogP) is 2.33. The van der Waals surface area contributed by atoms with Crippen molar-refractivity contribution in [3.8, 4) is 0 Å². The lowest BCUT2D eigenvalue weighted by Crippen LogP contribution is -2.39. The molecule has 2 rings (SSSR count). The first-order valence-corrected chi connectivity index (χ1v) is 6.70. The summed E-state index contributed by atoms with van der Waals surface area (Å²) >= 11 is -1.89. The van der Waals surface area contributed by atoms with Crippen molar-refractivity contribution in [2.24, 2.45) is 22.7 Å². The van der Waals surface area contributed by atoms with Crippen LogP contribution in [0.5, 0.6) is 0 Å². The van der Waals surface area contributed by atoms with Crippen LogP contribution in [0.3, 0.4) is 0 Å². The Hall–Kier alpha value is 0.110. The molecule has 2 bridgehead atoms. The first-order valence-electron chi connectivity index (χ1n) is 5.46. The summed E-state index contributed by atoms with van der Waals surface area (Å²) in [7, 11) is 0. The molecule has 0 aromatic rings. The zero-order valence-electron chi connectivity index (χ0n) is 9.21. The molecule has 0 amide bonds. The Morgan fingerprint density at radius 1 is 1.50 bits per heavy atom. The number of hydrogen-bond acceptors (Lipinski definition) is 2. The van der Waals surface area contributed by atoms with Crippen LogP contribution in [0.25, 0.3) is 0 Å². The van der Waals surface area contributed by atoms with Crippen molar-refractivity contribution >= 4 is 11.1 Å². The maximum absolute atomic E-state index is 11.0. The van der Waals surface area contributed by atoms with Gasteiger partial charge in [0.15, 0.2) is 0 Å². The molecule has 2 aliphatic carbocycles. The predicted molar refractivity (Wildman–Crippen MR) is 56.5 cm³/mol. The fraction of sp³-hybridized carbons (Fsp3) is 1.00. The Balaban J connectivity index is 2.34. The Bertz CT molecular complexity index is 274. The molecular formula is C11H19O2S-. The SMILES string of the molecule is CC1CC2CCC1(CS(=O)[O-])C2(C)C. The Morgan fingerprint density at radius 2 is 2.14 bits per heavy atom. The van der Waals surface area contributed by atoms with Gasteiger partial charge in [-0.25, -0.2) is 0 Å². The van der Waals surface area contributed by atoms with E-state index in [0.717, 1.165) is 12.3 Å². The maximum Gasteiger partial charge on any atom is 0.0166 e. The third-order valence-electron chi connectivity index (χ3n) is 5.20. The van der Waals surface area contributed by atoms with Crippen molar-refractivity contribution in [1.82, 2.24) is 0 Å². The molecule has 14 heavy (non-hydrogen) atoms. The van der Waals surface area contributed by atoms with E-state index in [4.69, 9.17) is 0 Å². The molecule has 3 heteroatoms. The summed E-state index contributed by atoms with van der Waals surface area (Å²) in [6, 6.07) is 0. The van der Waals surface area contributed by atoms with Gasteiger partial charge in [0.1, 0.15) is 0 Å². The average molecular weight is 215 g/mol. The van der Waals surface area contributed by atoms with Gasteiger partial charge in [-0.05, 0) is 41.9 Å². The second-order valence-electron chi connectivity index (χ2n) is 5.70. The molecule has 0 spiro atoms. The minimum atomic E-state index is -1.89. The molecule has 4 atom stereocenters. The molecule has 0 saturated heterocycles. The van der Waals surface area contributed by atoms with Gasteiger partial charge < -0.3 is 4.55 Å². The van der Waals surface area contributed by atoms with Crippen LogP contribution in [0.2, 0.25) is 0 Å². The van der Waals surface area contributed by atoms with E-state index in [1.165, 1.54) is 12.8 Å². The second-order valence-corrected chi connectivity index (χ2v) is 6.59. The van der Waals surface area contributed by atoms with Gasteiger partial charge in [0.2, 0.25) is 0 Å². The lowest BCUT2D eigenvalue weighted by atomic mass is 9.67. The lowest BCUT2D eigenvalue weighted by Gasteiger charge is -2.42. The Labute approximate surface area is 88.8 Å². The molecule has 0 aliphatic heterocycles. The summed E-state index contributed by atoms with van der Waals surface area (Å²) in [6.07, 6.45) is 3.57. The van der Waals surface area contributed by atoms with Crippen LogP contribution < -0.4 is 0 Å². The highest BCUT2D eigenvalue weighted by molar-refractivity contribution is 7.79. The van der Waals surface area contributed by atoms with Gasteiger partial charge in [0, 0.05) is 5.75 Å². The normalized spacial score (nSPS) is 46.9. The van der Waals surface area contributed by atoms with E-state index in [1.54, 1.807) is 0 Å². The summed E-state index contributed by atoms with van der Waals surface area (Å²) < 4.78 is 21.9.